The SMILES string of the molecule is O=C1C(=Cc2ccc3c(c2)OCO3)Oc2c1ccc([O-])c2C[NH+]1CCOCC1. The Balaban J connectivity index is 1.45. The van der Waals surface area contributed by atoms with Gasteiger partial charge in [0.25, 0.3) is 0 Å². The first kappa shape index (κ1) is 17.1. The fourth-order valence-corrected chi connectivity index (χ4v) is 3.70. The maximum absolute atomic E-state index is 12.8. The van der Waals surface area contributed by atoms with Gasteiger partial charge in [-0.15, -0.1) is 0 Å². The van der Waals surface area contributed by atoms with E-state index in [1.165, 1.54) is 11.0 Å². The predicted octanol–water partition coefficient (Wildman–Crippen LogP) is 0.520. The zero-order valence-corrected chi connectivity index (χ0v) is 15.2. The smallest absolute Gasteiger partial charge is 0.231 e. The van der Waals surface area contributed by atoms with Crippen LogP contribution in [-0.2, 0) is 11.3 Å². The molecule has 1 fully saturated rings. The molecule has 0 aliphatic carbocycles. The third-order valence-electron chi connectivity index (χ3n) is 5.22. The second-order valence-electron chi connectivity index (χ2n) is 7.01. The van der Waals surface area contributed by atoms with E-state index >= 15 is 0 Å². The molecular formula is C21H19NO6. The van der Waals surface area contributed by atoms with Crippen LogP contribution in [-0.4, -0.2) is 38.9 Å². The highest BCUT2D eigenvalue weighted by atomic mass is 16.7. The summed E-state index contributed by atoms with van der Waals surface area (Å²) in [6.45, 7) is 3.72. The lowest BCUT2D eigenvalue weighted by atomic mass is 10.0. The van der Waals surface area contributed by atoms with Gasteiger partial charge in [-0.05, 0) is 29.8 Å². The van der Waals surface area contributed by atoms with E-state index < -0.39 is 0 Å². The Morgan fingerprint density at radius 2 is 1.89 bits per heavy atom. The summed E-state index contributed by atoms with van der Waals surface area (Å²) >= 11 is 0. The van der Waals surface area contributed by atoms with E-state index in [9.17, 15) is 9.90 Å². The van der Waals surface area contributed by atoms with Gasteiger partial charge in [-0.1, -0.05) is 17.9 Å². The van der Waals surface area contributed by atoms with Gasteiger partial charge in [0.05, 0.1) is 18.8 Å². The average molecular weight is 381 g/mol. The number of rotatable bonds is 3. The van der Waals surface area contributed by atoms with Crippen molar-refractivity contribution in [2.45, 2.75) is 6.54 Å². The minimum absolute atomic E-state index is 0.102. The van der Waals surface area contributed by atoms with Crippen LogP contribution in [0.4, 0.5) is 0 Å². The van der Waals surface area contributed by atoms with Gasteiger partial charge in [0, 0.05) is 5.56 Å². The van der Waals surface area contributed by atoms with Crippen LogP contribution in [0, 0.1) is 0 Å². The van der Waals surface area contributed by atoms with E-state index in [1.807, 2.05) is 6.07 Å². The topological polar surface area (TPSA) is 81.5 Å². The fourth-order valence-electron chi connectivity index (χ4n) is 3.70. The molecule has 0 amide bonds. The molecule has 0 aromatic heterocycles. The zero-order valence-electron chi connectivity index (χ0n) is 15.2. The van der Waals surface area contributed by atoms with E-state index in [2.05, 4.69) is 0 Å². The number of ether oxygens (including phenoxy) is 4. The van der Waals surface area contributed by atoms with Gasteiger partial charge in [-0.3, -0.25) is 4.79 Å². The van der Waals surface area contributed by atoms with Crippen LogP contribution < -0.4 is 24.2 Å². The van der Waals surface area contributed by atoms with Crippen molar-refractivity contribution in [1.29, 1.82) is 0 Å². The maximum Gasteiger partial charge on any atom is 0.231 e. The van der Waals surface area contributed by atoms with Crippen LogP contribution in [0.2, 0.25) is 0 Å². The number of hydrogen-bond acceptors (Lipinski definition) is 6. The molecule has 7 heteroatoms. The van der Waals surface area contributed by atoms with Crippen molar-refractivity contribution < 1.29 is 33.7 Å². The van der Waals surface area contributed by atoms with Crippen molar-refractivity contribution in [3.63, 3.8) is 0 Å². The molecule has 7 nitrogen and oxygen atoms in total. The van der Waals surface area contributed by atoms with Crippen LogP contribution >= 0.6 is 0 Å². The lowest BCUT2D eigenvalue weighted by molar-refractivity contribution is -0.921. The first-order valence-electron chi connectivity index (χ1n) is 9.27. The number of carbonyl (C=O) groups excluding carboxylic acids is 1. The number of carbonyl (C=O) groups is 1. The average Bonchev–Trinajstić information content (AvgIpc) is 3.30. The van der Waals surface area contributed by atoms with E-state index in [4.69, 9.17) is 18.9 Å². The molecule has 1 saturated heterocycles. The summed E-state index contributed by atoms with van der Waals surface area (Å²) in [6.07, 6.45) is 1.67. The summed E-state index contributed by atoms with van der Waals surface area (Å²) in [5.74, 6) is 1.59. The third kappa shape index (κ3) is 2.98. The number of morpholine rings is 1. The van der Waals surface area contributed by atoms with Crippen LogP contribution in [0.25, 0.3) is 6.08 Å². The van der Waals surface area contributed by atoms with E-state index in [-0.39, 0.29) is 24.1 Å². The Bertz CT molecular complexity index is 977. The molecular weight excluding hydrogens is 362 g/mol. The fraction of sp³-hybridized carbons (Fsp3) is 0.286. The second kappa shape index (κ2) is 6.85. The first-order chi connectivity index (χ1) is 13.7. The van der Waals surface area contributed by atoms with Crippen molar-refractivity contribution >= 4 is 11.9 Å². The lowest BCUT2D eigenvalue weighted by Gasteiger charge is -2.26. The highest BCUT2D eigenvalue weighted by Crippen LogP contribution is 2.39. The van der Waals surface area contributed by atoms with E-state index in [1.54, 1.807) is 24.3 Å². The summed E-state index contributed by atoms with van der Waals surface area (Å²) in [5.41, 5.74) is 1.76. The summed E-state index contributed by atoms with van der Waals surface area (Å²) in [4.78, 5) is 14.1. The summed E-state index contributed by atoms with van der Waals surface area (Å²) < 4.78 is 22.0. The minimum atomic E-state index is -0.217. The van der Waals surface area contributed by atoms with E-state index in [0.29, 0.717) is 48.1 Å². The molecule has 0 bridgehead atoms. The highest BCUT2D eigenvalue weighted by molar-refractivity contribution is 6.15. The Morgan fingerprint density at radius 1 is 1.07 bits per heavy atom. The Kier molecular flexibility index (Phi) is 4.18. The number of fused-ring (bicyclic) bond motifs is 2. The van der Waals surface area contributed by atoms with Crippen LogP contribution in [0.5, 0.6) is 23.0 Å². The number of ketones is 1. The molecule has 0 spiro atoms. The van der Waals surface area contributed by atoms with Crippen LogP contribution in [0.15, 0.2) is 36.1 Å². The highest BCUT2D eigenvalue weighted by Gasteiger charge is 2.31. The van der Waals surface area contributed by atoms with Gasteiger partial charge < -0.3 is 29.0 Å². The summed E-state index contributed by atoms with van der Waals surface area (Å²) in [7, 11) is 0. The number of nitrogens with one attached hydrogen (secondary N) is 1. The van der Waals surface area contributed by atoms with Crippen molar-refractivity contribution in [2.75, 3.05) is 33.1 Å². The van der Waals surface area contributed by atoms with Crippen molar-refractivity contribution in [3.05, 3.63) is 52.8 Å². The van der Waals surface area contributed by atoms with Gasteiger partial charge >= 0.3 is 0 Å². The number of Topliss-reactive ketones (excluding diaryl/α,β-unsaturated/α-hetero) is 1. The molecule has 0 radical (unpaired) electrons. The maximum atomic E-state index is 12.8. The largest absolute Gasteiger partial charge is 0.872 e. The molecule has 2 aromatic carbocycles. The number of quaternary nitrogens is 1. The molecule has 0 unspecified atom stereocenters. The van der Waals surface area contributed by atoms with Crippen LogP contribution in [0.1, 0.15) is 21.5 Å². The Morgan fingerprint density at radius 3 is 2.75 bits per heavy atom. The standard InChI is InChI=1S/C21H19NO6/c23-16-3-2-14-20(24)19(10-13-1-4-17-18(9-13)27-12-26-17)28-21(14)15(16)11-22-5-7-25-8-6-22/h1-4,9-10,23H,5-8,11-12H2. The first-order valence-corrected chi connectivity index (χ1v) is 9.27. The van der Waals surface area contributed by atoms with Gasteiger partial charge in [0.1, 0.15) is 25.4 Å². The van der Waals surface area contributed by atoms with Gasteiger partial charge in [-0.2, -0.15) is 0 Å². The Labute approximate surface area is 161 Å². The molecule has 5 rings (SSSR count). The second-order valence-corrected chi connectivity index (χ2v) is 7.01. The molecule has 0 saturated carbocycles. The molecule has 1 N–H and O–H groups in total. The number of hydrogen-bond donors (Lipinski definition) is 1. The third-order valence-corrected chi connectivity index (χ3v) is 5.22. The van der Waals surface area contributed by atoms with Crippen molar-refractivity contribution in [2.24, 2.45) is 0 Å². The Hall–Kier alpha value is -3.03. The molecule has 0 atom stereocenters. The minimum Gasteiger partial charge on any atom is -0.872 e. The molecule has 3 aliphatic heterocycles. The van der Waals surface area contributed by atoms with Gasteiger partial charge in [0.2, 0.25) is 12.6 Å². The van der Waals surface area contributed by atoms with Crippen molar-refractivity contribution in [1.82, 2.24) is 0 Å². The molecule has 3 heterocycles. The molecule has 2 aromatic rings. The lowest BCUT2D eigenvalue weighted by Crippen LogP contribution is -3.12. The summed E-state index contributed by atoms with van der Waals surface area (Å²) in [6, 6.07) is 8.44. The number of allylic oxidation sites excluding steroid dienone is 1. The molecule has 28 heavy (non-hydrogen) atoms. The molecule has 144 valence electrons. The van der Waals surface area contributed by atoms with Crippen molar-refractivity contribution in [3.8, 4) is 23.0 Å². The van der Waals surface area contributed by atoms with E-state index in [0.717, 1.165) is 18.7 Å². The van der Waals surface area contributed by atoms with Gasteiger partial charge in [-0.25, -0.2) is 0 Å². The monoisotopic (exact) mass is 381 g/mol. The van der Waals surface area contributed by atoms with Crippen LogP contribution in [0.3, 0.4) is 0 Å². The molecule has 3 aliphatic rings. The normalized spacial score (nSPS) is 19.7. The zero-order chi connectivity index (χ0) is 19.1. The van der Waals surface area contributed by atoms with Gasteiger partial charge in [0.15, 0.2) is 17.3 Å². The number of benzene rings is 2. The quantitative estimate of drug-likeness (QED) is 0.781. The predicted molar refractivity (Wildman–Crippen MR) is 96.6 cm³/mol. The summed E-state index contributed by atoms with van der Waals surface area (Å²) in [5, 5.41) is 12.5.